The Hall–Kier alpha value is -1.75. The highest BCUT2D eigenvalue weighted by Crippen LogP contribution is 2.29. The lowest BCUT2D eigenvalue weighted by molar-refractivity contribution is -0.148. The number of benzene rings is 1. The summed E-state index contributed by atoms with van der Waals surface area (Å²) in [7, 11) is 0. The molecule has 2 aliphatic heterocycles. The van der Waals surface area contributed by atoms with Gasteiger partial charge in [-0.1, -0.05) is 12.1 Å². The summed E-state index contributed by atoms with van der Waals surface area (Å²) in [5.41, 5.74) is 7.97. The van der Waals surface area contributed by atoms with Crippen LogP contribution in [0.15, 0.2) is 24.3 Å². The first-order chi connectivity index (χ1) is 11.0. The summed E-state index contributed by atoms with van der Waals surface area (Å²) in [5, 5.41) is 0. The van der Waals surface area contributed by atoms with Crippen molar-refractivity contribution in [2.24, 2.45) is 5.92 Å². The molecule has 2 fully saturated rings. The molecule has 1 amide bonds. The number of carbonyl (C=O) groups is 1. The second kappa shape index (κ2) is 6.79. The van der Waals surface area contributed by atoms with Crippen LogP contribution in [0.25, 0.3) is 0 Å². The van der Waals surface area contributed by atoms with Crippen LogP contribution < -0.4 is 10.6 Å². The van der Waals surface area contributed by atoms with Crippen molar-refractivity contribution in [3.05, 3.63) is 24.3 Å². The fraction of sp³-hybridized carbons (Fsp3) is 0.611. The molecule has 0 saturated carbocycles. The van der Waals surface area contributed by atoms with Gasteiger partial charge in [0.1, 0.15) is 0 Å². The van der Waals surface area contributed by atoms with Gasteiger partial charge in [0, 0.05) is 32.1 Å². The fourth-order valence-electron chi connectivity index (χ4n) is 3.76. The van der Waals surface area contributed by atoms with Crippen LogP contribution in [0.3, 0.4) is 0 Å². The monoisotopic (exact) mass is 317 g/mol. The minimum Gasteiger partial charge on any atom is -0.397 e. The minimum absolute atomic E-state index is 0.131. The van der Waals surface area contributed by atoms with Crippen molar-refractivity contribution in [3.63, 3.8) is 0 Å². The third-order valence-electron chi connectivity index (χ3n) is 4.85. The number of para-hydroxylation sites is 2. The van der Waals surface area contributed by atoms with Crippen molar-refractivity contribution in [1.29, 1.82) is 0 Å². The van der Waals surface area contributed by atoms with E-state index in [1.807, 2.05) is 36.9 Å². The molecule has 2 N–H and O–H groups in total. The molecule has 2 heterocycles. The van der Waals surface area contributed by atoms with Crippen LogP contribution in [0.5, 0.6) is 0 Å². The SMILES string of the molecule is C[C@@H]1CN(C(=O)C2CCN(c3ccccc3N)CC2)C[C@H](C)O1. The maximum atomic E-state index is 12.8. The van der Waals surface area contributed by atoms with E-state index in [2.05, 4.69) is 11.0 Å². The Kier molecular flexibility index (Phi) is 4.76. The van der Waals surface area contributed by atoms with Gasteiger partial charge in [-0.05, 0) is 38.8 Å². The first kappa shape index (κ1) is 16.1. The number of hydrogen-bond donors (Lipinski definition) is 1. The lowest BCUT2D eigenvalue weighted by Crippen LogP contribution is -2.51. The van der Waals surface area contributed by atoms with Crippen molar-refractivity contribution < 1.29 is 9.53 Å². The molecule has 0 spiro atoms. The van der Waals surface area contributed by atoms with Gasteiger partial charge in [-0.3, -0.25) is 4.79 Å². The van der Waals surface area contributed by atoms with E-state index >= 15 is 0 Å². The number of rotatable bonds is 2. The summed E-state index contributed by atoms with van der Waals surface area (Å²) in [6, 6.07) is 7.96. The summed E-state index contributed by atoms with van der Waals surface area (Å²) < 4.78 is 5.73. The molecule has 0 aliphatic carbocycles. The summed E-state index contributed by atoms with van der Waals surface area (Å²) >= 11 is 0. The Labute approximate surface area is 138 Å². The number of nitrogen functional groups attached to an aromatic ring is 1. The summed E-state index contributed by atoms with van der Waals surface area (Å²) in [5.74, 6) is 0.432. The normalized spacial score (nSPS) is 26.3. The Morgan fingerprint density at radius 1 is 1.13 bits per heavy atom. The maximum absolute atomic E-state index is 12.8. The lowest BCUT2D eigenvalue weighted by atomic mass is 9.94. The third-order valence-corrected chi connectivity index (χ3v) is 4.85. The van der Waals surface area contributed by atoms with E-state index < -0.39 is 0 Å². The van der Waals surface area contributed by atoms with E-state index in [1.54, 1.807) is 0 Å². The van der Waals surface area contributed by atoms with E-state index in [-0.39, 0.29) is 18.1 Å². The van der Waals surface area contributed by atoms with Gasteiger partial charge < -0.3 is 20.3 Å². The zero-order valence-electron chi connectivity index (χ0n) is 14.1. The molecule has 0 aromatic heterocycles. The Morgan fingerprint density at radius 2 is 1.74 bits per heavy atom. The highest BCUT2D eigenvalue weighted by atomic mass is 16.5. The van der Waals surface area contributed by atoms with Crippen LogP contribution in [0, 0.1) is 5.92 Å². The summed E-state index contributed by atoms with van der Waals surface area (Å²) in [6.07, 6.45) is 2.06. The molecule has 2 saturated heterocycles. The van der Waals surface area contributed by atoms with Gasteiger partial charge in [0.05, 0.1) is 23.6 Å². The van der Waals surface area contributed by atoms with E-state index in [4.69, 9.17) is 10.5 Å². The standard InChI is InChI=1S/C18H27N3O2/c1-13-11-21(12-14(2)23-13)18(22)15-7-9-20(10-8-15)17-6-4-3-5-16(17)19/h3-6,13-15H,7-12,19H2,1-2H3/t13-,14+. The van der Waals surface area contributed by atoms with Crippen LogP contribution in [0.4, 0.5) is 11.4 Å². The molecule has 5 heteroatoms. The average molecular weight is 317 g/mol. The topological polar surface area (TPSA) is 58.8 Å². The number of ether oxygens (including phenoxy) is 1. The van der Waals surface area contributed by atoms with Crippen molar-refractivity contribution in [1.82, 2.24) is 4.90 Å². The molecule has 3 rings (SSSR count). The van der Waals surface area contributed by atoms with Gasteiger partial charge in [0.15, 0.2) is 0 Å². The van der Waals surface area contributed by atoms with Crippen LogP contribution >= 0.6 is 0 Å². The molecule has 0 bridgehead atoms. The summed E-state index contributed by atoms with van der Waals surface area (Å²) in [6.45, 7) is 7.29. The van der Waals surface area contributed by atoms with Crippen LogP contribution in [-0.2, 0) is 9.53 Å². The van der Waals surface area contributed by atoms with Crippen LogP contribution in [-0.4, -0.2) is 49.2 Å². The number of hydrogen-bond acceptors (Lipinski definition) is 4. The quantitative estimate of drug-likeness (QED) is 0.849. The predicted molar refractivity (Wildman–Crippen MR) is 92.4 cm³/mol. The first-order valence-corrected chi connectivity index (χ1v) is 8.58. The molecular formula is C18H27N3O2. The Balaban J connectivity index is 1.58. The van der Waals surface area contributed by atoms with Crippen LogP contribution in [0.2, 0.25) is 0 Å². The van der Waals surface area contributed by atoms with E-state index in [1.165, 1.54) is 0 Å². The predicted octanol–water partition coefficient (Wildman–Crippen LogP) is 2.12. The number of carbonyl (C=O) groups excluding carboxylic acids is 1. The van der Waals surface area contributed by atoms with Crippen molar-refractivity contribution in [3.8, 4) is 0 Å². The van der Waals surface area contributed by atoms with Gasteiger partial charge in [-0.2, -0.15) is 0 Å². The molecule has 126 valence electrons. The first-order valence-electron chi connectivity index (χ1n) is 8.58. The van der Waals surface area contributed by atoms with Crippen molar-refractivity contribution in [2.45, 2.75) is 38.9 Å². The second-order valence-corrected chi connectivity index (χ2v) is 6.82. The van der Waals surface area contributed by atoms with Crippen LogP contribution in [0.1, 0.15) is 26.7 Å². The molecule has 2 aliphatic rings. The molecular weight excluding hydrogens is 290 g/mol. The molecule has 5 nitrogen and oxygen atoms in total. The average Bonchev–Trinajstić information content (AvgIpc) is 2.54. The number of amides is 1. The van der Waals surface area contributed by atoms with E-state index in [9.17, 15) is 4.79 Å². The third kappa shape index (κ3) is 3.61. The molecule has 2 atom stereocenters. The largest absolute Gasteiger partial charge is 0.397 e. The van der Waals surface area contributed by atoms with E-state index in [0.29, 0.717) is 5.91 Å². The van der Waals surface area contributed by atoms with Gasteiger partial charge in [0.25, 0.3) is 0 Å². The minimum atomic E-state index is 0.131. The number of piperidine rings is 1. The number of nitrogens with two attached hydrogens (primary N) is 1. The lowest BCUT2D eigenvalue weighted by Gasteiger charge is -2.39. The van der Waals surface area contributed by atoms with Gasteiger partial charge in [-0.15, -0.1) is 0 Å². The highest BCUT2D eigenvalue weighted by molar-refractivity contribution is 5.79. The van der Waals surface area contributed by atoms with E-state index in [0.717, 1.165) is 50.4 Å². The molecule has 1 aromatic rings. The number of nitrogens with zero attached hydrogens (tertiary/aromatic N) is 2. The maximum Gasteiger partial charge on any atom is 0.225 e. The second-order valence-electron chi connectivity index (χ2n) is 6.82. The van der Waals surface area contributed by atoms with Gasteiger partial charge in [-0.25, -0.2) is 0 Å². The molecule has 0 unspecified atom stereocenters. The number of morpholine rings is 1. The fourth-order valence-corrected chi connectivity index (χ4v) is 3.76. The number of anilines is 2. The smallest absolute Gasteiger partial charge is 0.225 e. The Bertz CT molecular complexity index is 545. The highest BCUT2D eigenvalue weighted by Gasteiger charge is 2.32. The van der Waals surface area contributed by atoms with Gasteiger partial charge in [0.2, 0.25) is 5.91 Å². The molecule has 23 heavy (non-hydrogen) atoms. The Morgan fingerprint density at radius 3 is 2.35 bits per heavy atom. The molecule has 0 radical (unpaired) electrons. The van der Waals surface area contributed by atoms with Gasteiger partial charge >= 0.3 is 0 Å². The van der Waals surface area contributed by atoms with Crippen molar-refractivity contribution in [2.75, 3.05) is 36.8 Å². The molecule has 1 aromatic carbocycles. The zero-order chi connectivity index (χ0) is 16.4. The summed E-state index contributed by atoms with van der Waals surface area (Å²) in [4.78, 5) is 17.1. The van der Waals surface area contributed by atoms with Crippen molar-refractivity contribution >= 4 is 17.3 Å². The zero-order valence-corrected chi connectivity index (χ0v) is 14.1.